The first kappa shape index (κ1) is 86.5. The Morgan fingerprint density at radius 1 is 0.418 bits per heavy atom. The third-order valence-corrected chi connectivity index (χ3v) is 22.2. The van der Waals surface area contributed by atoms with Crippen molar-refractivity contribution >= 4 is 80.8 Å². The van der Waals surface area contributed by atoms with Gasteiger partial charge in [-0.25, -0.2) is 17.6 Å². The fourth-order valence-electron chi connectivity index (χ4n) is 14.7. The lowest BCUT2D eigenvalue weighted by Crippen LogP contribution is -2.32. The molecule has 10 heterocycles. The van der Waals surface area contributed by atoms with Crippen molar-refractivity contribution in [1.82, 2.24) is 90.8 Å². The zero-order chi connectivity index (χ0) is 86.4. The van der Waals surface area contributed by atoms with Crippen LogP contribution in [0.4, 0.5) is 50.1 Å². The largest absolute Gasteiger partial charge is 0.350 e. The second-order valence-electron chi connectivity index (χ2n) is 30.1. The standard InChI is InChI=1S/C23H22F3N5O.C23H26N6O.C22H23FN6O.C21H18ClF2N5O/c1-14-10-11-30(23-27-29-31(28-23)22(25)26)13-19(14)17-8-6-16(7-9-17)12-20(32)18-5-3-4-15(2)21(18)24;1-4-18-10-12-29(23-25-27-28(3)26-23)15-21(18)19-7-5-17(6-8-19)13-22(30)20-14-24-11-9-16(20)2;1-14-9-10-29(22-25-27-28(3)26-22)13-19(14)16-7-8-17(24-12-16)11-21(30)18-5-4-6-20(23)15(18)2;1-28-26-21(25-27-28)29-10-9-17(22)16(12-29)14-7-5-13(6-8-14)11-19(30)15-3-2-4-18(23)20(15)24/h3-9,22H,10-13H2,1-2H3;5-9,11,14H,4,10,12-13,15H2,1-3H3;4-8,12H,9-11,13H2,1-3H3;2-8H,9-12H2,1H3. The number of benzene rings is 6. The third-order valence-electron chi connectivity index (χ3n) is 21.8. The van der Waals surface area contributed by atoms with Gasteiger partial charge in [-0.3, -0.25) is 29.1 Å². The summed E-state index contributed by atoms with van der Waals surface area (Å²) >= 11 is 6.47. The second-order valence-corrected chi connectivity index (χ2v) is 30.6. The smallest absolute Gasteiger partial charge is 0.334 e. The number of pyridine rings is 2. The van der Waals surface area contributed by atoms with Crippen molar-refractivity contribution in [3.8, 4) is 0 Å². The maximum absolute atomic E-state index is 14.2. The molecule has 0 bridgehead atoms. The number of aryl methyl sites for hydroxylation is 5. The highest BCUT2D eigenvalue weighted by atomic mass is 35.5. The van der Waals surface area contributed by atoms with Gasteiger partial charge in [-0.1, -0.05) is 170 Å². The van der Waals surface area contributed by atoms with Gasteiger partial charge in [0.1, 0.15) is 11.6 Å². The molecule has 4 aliphatic heterocycles. The average molecular weight is 1680 g/mol. The van der Waals surface area contributed by atoms with E-state index in [1.165, 1.54) is 72.1 Å². The number of hydrogen-bond donors (Lipinski definition) is 0. The monoisotopic (exact) mass is 1680 g/mol. The van der Waals surface area contributed by atoms with Crippen molar-refractivity contribution in [1.29, 1.82) is 0 Å². The Morgan fingerprint density at radius 2 is 0.844 bits per heavy atom. The van der Waals surface area contributed by atoms with Crippen molar-refractivity contribution in [3.05, 3.63) is 293 Å². The van der Waals surface area contributed by atoms with Gasteiger partial charge in [0, 0.05) is 118 Å². The first-order valence-electron chi connectivity index (χ1n) is 39.7. The van der Waals surface area contributed by atoms with Gasteiger partial charge >= 0.3 is 6.55 Å². The van der Waals surface area contributed by atoms with Gasteiger partial charge < -0.3 is 19.6 Å². The summed E-state index contributed by atoms with van der Waals surface area (Å²) in [5.41, 5.74) is 18.4. The van der Waals surface area contributed by atoms with Crippen LogP contribution < -0.4 is 19.6 Å². The highest BCUT2D eigenvalue weighted by Gasteiger charge is 2.29. The van der Waals surface area contributed by atoms with Crippen molar-refractivity contribution < 1.29 is 45.5 Å². The fourth-order valence-corrected chi connectivity index (χ4v) is 15.0. The summed E-state index contributed by atoms with van der Waals surface area (Å²) in [4.78, 5) is 71.4. The SMILES string of the molecule is CC1=C(c2ccc(CC(=O)c3cccc(C)c3F)cc2)CN(c2nnn(C(F)F)n2)CC1.CC1=C(c2ccc(CC(=O)c3cccc(F)c3C)nc2)CN(c2nnn(C)n2)CC1.CCC1=C(c2ccc(CC(=O)c3cnccc3C)cc2)CN(c2nnn(C)n2)CC1.Cn1nnc(N2CCC(Cl)=C(c3ccc(CC(=O)c4cccc(F)c4F)cc3)C2)n1. The van der Waals surface area contributed by atoms with Crippen molar-refractivity contribution in [2.75, 3.05) is 72.0 Å². The molecule has 0 atom stereocenters. The van der Waals surface area contributed by atoms with Gasteiger partial charge in [-0.05, 0) is 195 Å². The van der Waals surface area contributed by atoms with Crippen LogP contribution in [0, 0.1) is 44.0 Å². The Morgan fingerprint density at radius 3 is 1.34 bits per heavy atom. The van der Waals surface area contributed by atoms with E-state index < -0.39 is 29.8 Å². The molecule has 12 aromatic rings. The van der Waals surface area contributed by atoms with Gasteiger partial charge in [-0.2, -0.15) is 23.2 Å². The van der Waals surface area contributed by atoms with E-state index in [0.29, 0.717) is 102 Å². The molecule has 26 nitrogen and oxygen atoms in total. The molecule has 0 fully saturated rings. The van der Waals surface area contributed by atoms with Crippen LogP contribution in [-0.2, 0) is 46.8 Å². The molecular formula is C89H89ClF6N22O4. The summed E-state index contributed by atoms with van der Waals surface area (Å²) < 4.78 is 80.7. The van der Waals surface area contributed by atoms with Gasteiger partial charge in [0.15, 0.2) is 34.8 Å². The summed E-state index contributed by atoms with van der Waals surface area (Å²) in [5.74, 6) is -1.80. The van der Waals surface area contributed by atoms with Crippen molar-refractivity contribution in [3.63, 3.8) is 0 Å². The quantitative estimate of drug-likeness (QED) is 0.0450. The highest BCUT2D eigenvalue weighted by molar-refractivity contribution is 6.33. The zero-order valence-corrected chi connectivity index (χ0v) is 69.6. The Kier molecular flexibility index (Phi) is 27.8. The van der Waals surface area contributed by atoms with Crippen LogP contribution in [0.3, 0.4) is 0 Å². The number of nitrogens with zero attached hydrogens (tertiary/aromatic N) is 22. The average Bonchev–Trinajstić information content (AvgIpc) is 1.55. The number of rotatable bonds is 22. The molecule has 122 heavy (non-hydrogen) atoms. The number of alkyl halides is 2. The Labute approximate surface area is 705 Å². The number of tetrazole rings is 4. The molecule has 4 aliphatic rings. The van der Waals surface area contributed by atoms with E-state index in [-0.39, 0.29) is 59.5 Å². The summed E-state index contributed by atoms with van der Waals surface area (Å²) in [6.45, 7) is 14.2. The van der Waals surface area contributed by atoms with Crippen LogP contribution in [0.1, 0.15) is 162 Å². The lowest BCUT2D eigenvalue weighted by atomic mass is 9.91. The first-order valence-corrected chi connectivity index (χ1v) is 40.1. The summed E-state index contributed by atoms with van der Waals surface area (Å²) in [5, 5.41) is 48.6. The van der Waals surface area contributed by atoms with Crippen LogP contribution in [-0.4, -0.2) is 166 Å². The lowest BCUT2D eigenvalue weighted by molar-refractivity contribution is 0.0397. The summed E-state index contributed by atoms with van der Waals surface area (Å²) in [7, 11) is 5.24. The van der Waals surface area contributed by atoms with Crippen molar-refractivity contribution in [2.45, 2.75) is 106 Å². The number of halogens is 7. The molecule has 33 heteroatoms. The van der Waals surface area contributed by atoms with Crippen LogP contribution in [0.2, 0.25) is 0 Å². The van der Waals surface area contributed by atoms with Crippen LogP contribution in [0.5, 0.6) is 0 Å². The normalized spacial score (nSPS) is 14.3. The Balaban J connectivity index is 0.000000140. The molecule has 0 saturated carbocycles. The number of ketones is 4. The molecule has 0 radical (unpaired) electrons. The molecule has 0 unspecified atom stereocenters. The maximum Gasteiger partial charge on any atom is 0.350 e. The van der Waals surface area contributed by atoms with E-state index in [0.717, 1.165) is 101 Å². The molecule has 0 saturated heterocycles. The molecule has 0 spiro atoms. The molecule has 6 aromatic carbocycles. The minimum atomic E-state index is -2.83. The molecule has 16 rings (SSSR count). The van der Waals surface area contributed by atoms with Crippen LogP contribution >= 0.6 is 11.6 Å². The maximum atomic E-state index is 14.2. The Hall–Kier alpha value is -13.4. The van der Waals surface area contributed by atoms with Gasteiger partial charge in [-0.15, -0.1) is 20.4 Å². The number of carbonyl (C=O) groups is 4. The molecule has 0 aliphatic carbocycles. The molecular weight excluding hydrogens is 1590 g/mol. The fraction of sp³-hybridized carbons (Fsp3) is 0.303. The predicted molar refractivity (Wildman–Crippen MR) is 451 cm³/mol. The van der Waals surface area contributed by atoms with E-state index in [1.54, 1.807) is 90.0 Å². The van der Waals surface area contributed by atoms with E-state index in [4.69, 9.17) is 11.6 Å². The van der Waals surface area contributed by atoms with E-state index in [1.807, 2.05) is 78.2 Å². The third kappa shape index (κ3) is 21.1. The van der Waals surface area contributed by atoms with Crippen LogP contribution in [0.25, 0.3) is 22.3 Å². The Bertz CT molecular complexity index is 5760. The lowest BCUT2D eigenvalue weighted by Gasteiger charge is -2.30. The molecule has 0 N–H and O–H groups in total. The van der Waals surface area contributed by atoms with Crippen molar-refractivity contribution in [2.24, 2.45) is 21.1 Å². The molecule has 628 valence electrons. The van der Waals surface area contributed by atoms with E-state index in [2.05, 4.69) is 120 Å². The van der Waals surface area contributed by atoms with Gasteiger partial charge in [0.25, 0.3) is 23.8 Å². The molecule has 0 amide bonds. The number of anilines is 4. The van der Waals surface area contributed by atoms with Gasteiger partial charge in [0.2, 0.25) is 0 Å². The number of aromatic nitrogens is 18. The zero-order valence-electron chi connectivity index (χ0n) is 68.8. The number of hydrogen-bond acceptors (Lipinski definition) is 22. The first-order chi connectivity index (χ1) is 58.7. The topological polar surface area (TPSA) is 281 Å². The molecule has 6 aromatic heterocycles. The second kappa shape index (κ2) is 39.2. The predicted octanol–water partition coefficient (Wildman–Crippen LogP) is 15.0. The minimum absolute atomic E-state index is 0.0247. The number of Topliss-reactive ketones (excluding diaryl/α,β-unsaturated/α-hetero) is 4. The van der Waals surface area contributed by atoms with Crippen LogP contribution in [0.15, 0.2) is 186 Å². The van der Waals surface area contributed by atoms with Gasteiger partial charge in [0.05, 0.1) is 38.7 Å². The minimum Gasteiger partial charge on any atom is -0.334 e. The van der Waals surface area contributed by atoms with E-state index in [9.17, 15) is 45.5 Å². The highest BCUT2D eigenvalue weighted by Crippen LogP contribution is 2.35. The number of carbonyl (C=O) groups excluding carboxylic acids is 4. The summed E-state index contributed by atoms with van der Waals surface area (Å²) in [6, 6.07) is 41.9. The van der Waals surface area contributed by atoms with E-state index >= 15 is 0 Å². The summed E-state index contributed by atoms with van der Waals surface area (Å²) in [6.07, 6.45) is 10.1.